The lowest BCUT2D eigenvalue weighted by Gasteiger charge is -2.26. The highest BCUT2D eigenvalue weighted by Gasteiger charge is 2.20. The molecule has 4 heteroatoms. The molecule has 18 heavy (non-hydrogen) atoms. The second kappa shape index (κ2) is 4.74. The average Bonchev–Trinajstić information content (AvgIpc) is 2.34. The highest BCUT2D eigenvalue weighted by molar-refractivity contribution is 6.00. The Kier molecular flexibility index (Phi) is 2.94. The minimum absolute atomic E-state index is 0.0813. The third kappa shape index (κ3) is 2.19. The van der Waals surface area contributed by atoms with Crippen LogP contribution in [0.5, 0.6) is 0 Å². The normalized spacial score (nSPS) is 15.3. The van der Waals surface area contributed by atoms with Gasteiger partial charge in [-0.1, -0.05) is 6.07 Å². The van der Waals surface area contributed by atoms with Gasteiger partial charge in [0.2, 0.25) is 5.91 Å². The summed E-state index contributed by atoms with van der Waals surface area (Å²) < 4.78 is 0. The maximum atomic E-state index is 11.9. The van der Waals surface area contributed by atoms with E-state index in [4.69, 9.17) is 0 Å². The van der Waals surface area contributed by atoms with E-state index in [1.807, 2.05) is 30.3 Å². The smallest absolute Gasteiger partial charge is 0.224 e. The summed E-state index contributed by atoms with van der Waals surface area (Å²) in [4.78, 5) is 16.2. The second-order valence-corrected chi connectivity index (χ2v) is 4.65. The Hall–Kier alpha value is -1.94. The molecule has 0 spiro atoms. The fourth-order valence-corrected chi connectivity index (χ4v) is 2.17. The van der Waals surface area contributed by atoms with Crippen molar-refractivity contribution in [1.29, 1.82) is 0 Å². The first kappa shape index (κ1) is 11.2. The van der Waals surface area contributed by atoms with E-state index in [0.29, 0.717) is 12.3 Å². The first-order valence-electron chi connectivity index (χ1n) is 6.17. The van der Waals surface area contributed by atoms with Gasteiger partial charge in [-0.2, -0.15) is 0 Å². The second-order valence-electron chi connectivity index (χ2n) is 4.65. The van der Waals surface area contributed by atoms with Crippen LogP contribution in [-0.4, -0.2) is 24.0 Å². The maximum absolute atomic E-state index is 11.9. The zero-order valence-corrected chi connectivity index (χ0v) is 10.0. The zero-order chi connectivity index (χ0) is 12.4. The molecule has 2 heterocycles. The predicted octanol–water partition coefficient (Wildman–Crippen LogP) is 1.78. The predicted molar refractivity (Wildman–Crippen MR) is 71.3 cm³/mol. The molecule has 1 saturated heterocycles. The van der Waals surface area contributed by atoms with Crippen LogP contribution in [0.15, 0.2) is 36.5 Å². The Labute approximate surface area is 105 Å². The minimum Gasteiger partial charge on any atom is -0.325 e. The molecule has 0 atom stereocenters. The molecule has 1 aliphatic heterocycles. The van der Waals surface area contributed by atoms with Gasteiger partial charge in [-0.25, -0.2) is 0 Å². The van der Waals surface area contributed by atoms with E-state index in [2.05, 4.69) is 15.6 Å². The third-order valence-electron chi connectivity index (χ3n) is 3.26. The Balaban J connectivity index is 1.79. The molecular weight excluding hydrogens is 226 g/mol. The van der Waals surface area contributed by atoms with E-state index in [0.717, 1.165) is 29.7 Å². The van der Waals surface area contributed by atoms with E-state index >= 15 is 0 Å². The number of nitrogens with zero attached hydrogens (tertiary/aromatic N) is 1. The Morgan fingerprint density at radius 2 is 2.22 bits per heavy atom. The van der Waals surface area contributed by atoms with Gasteiger partial charge in [-0.05, 0) is 43.3 Å². The van der Waals surface area contributed by atoms with Crippen molar-refractivity contribution >= 4 is 22.5 Å². The molecule has 2 N–H and O–H groups in total. The fourth-order valence-electron chi connectivity index (χ4n) is 2.17. The number of rotatable bonds is 3. The molecular formula is C14H15N3O. The number of nitrogens with one attached hydrogen (secondary N) is 2. The Morgan fingerprint density at radius 1 is 1.33 bits per heavy atom. The molecule has 1 aromatic carbocycles. The van der Waals surface area contributed by atoms with Crippen LogP contribution < -0.4 is 10.6 Å². The van der Waals surface area contributed by atoms with Crippen LogP contribution in [0.3, 0.4) is 0 Å². The quantitative estimate of drug-likeness (QED) is 0.861. The fraction of sp³-hybridized carbons (Fsp3) is 0.286. The van der Waals surface area contributed by atoms with E-state index < -0.39 is 0 Å². The van der Waals surface area contributed by atoms with E-state index in [9.17, 15) is 4.79 Å². The molecule has 92 valence electrons. The molecule has 2 aromatic rings. The summed E-state index contributed by atoms with van der Waals surface area (Å²) in [5.41, 5.74) is 1.75. The van der Waals surface area contributed by atoms with Gasteiger partial charge in [-0.15, -0.1) is 0 Å². The van der Waals surface area contributed by atoms with Crippen LogP contribution in [0.1, 0.15) is 6.42 Å². The first-order chi connectivity index (χ1) is 8.83. The number of aromatic nitrogens is 1. The molecule has 0 saturated carbocycles. The van der Waals surface area contributed by atoms with Crippen molar-refractivity contribution in [3.63, 3.8) is 0 Å². The number of pyridine rings is 1. The molecule has 0 bridgehead atoms. The van der Waals surface area contributed by atoms with Crippen molar-refractivity contribution < 1.29 is 4.79 Å². The number of amides is 1. The zero-order valence-electron chi connectivity index (χ0n) is 10.0. The summed E-state index contributed by atoms with van der Waals surface area (Å²) in [6.07, 6.45) is 2.34. The summed E-state index contributed by atoms with van der Waals surface area (Å²) in [7, 11) is 0. The van der Waals surface area contributed by atoms with E-state index in [1.54, 1.807) is 6.20 Å². The molecule has 0 radical (unpaired) electrons. The van der Waals surface area contributed by atoms with Crippen molar-refractivity contribution in [3.8, 4) is 0 Å². The molecule has 1 fully saturated rings. The summed E-state index contributed by atoms with van der Waals surface area (Å²) >= 11 is 0. The number of fused-ring (bicyclic) bond motifs is 1. The molecule has 1 aliphatic rings. The first-order valence-corrected chi connectivity index (χ1v) is 6.17. The van der Waals surface area contributed by atoms with E-state index in [-0.39, 0.29) is 5.91 Å². The van der Waals surface area contributed by atoms with Gasteiger partial charge in [0.05, 0.1) is 11.2 Å². The molecule has 3 rings (SSSR count). The highest BCUT2D eigenvalue weighted by Crippen LogP contribution is 2.22. The van der Waals surface area contributed by atoms with Gasteiger partial charge in [-0.3, -0.25) is 9.78 Å². The van der Waals surface area contributed by atoms with Gasteiger partial charge in [0.15, 0.2) is 0 Å². The summed E-state index contributed by atoms with van der Waals surface area (Å²) in [5, 5.41) is 7.13. The monoisotopic (exact) mass is 241 g/mol. The summed E-state index contributed by atoms with van der Waals surface area (Å²) in [5.74, 6) is 0.566. The van der Waals surface area contributed by atoms with Crippen molar-refractivity contribution in [1.82, 2.24) is 10.3 Å². The minimum atomic E-state index is 0.0813. The third-order valence-corrected chi connectivity index (χ3v) is 3.26. The standard InChI is InChI=1S/C14H15N3O/c18-14(7-10-8-15-9-10)17-13-5-1-4-12-11(13)3-2-6-16-12/h1-6,10,15H,7-9H2,(H,17,18). The van der Waals surface area contributed by atoms with Crippen LogP contribution >= 0.6 is 0 Å². The van der Waals surface area contributed by atoms with Crippen LogP contribution in [0.4, 0.5) is 5.69 Å². The lowest BCUT2D eigenvalue weighted by atomic mass is 9.99. The number of benzene rings is 1. The van der Waals surface area contributed by atoms with Gasteiger partial charge < -0.3 is 10.6 Å². The number of hydrogen-bond donors (Lipinski definition) is 2. The van der Waals surface area contributed by atoms with Crippen molar-refractivity contribution in [2.24, 2.45) is 5.92 Å². The van der Waals surface area contributed by atoms with Crippen LogP contribution in [0.2, 0.25) is 0 Å². The van der Waals surface area contributed by atoms with Crippen LogP contribution in [-0.2, 0) is 4.79 Å². The summed E-state index contributed by atoms with van der Waals surface area (Å²) in [6, 6.07) is 9.63. The van der Waals surface area contributed by atoms with Gasteiger partial charge >= 0.3 is 0 Å². The van der Waals surface area contributed by atoms with Crippen molar-refractivity contribution in [3.05, 3.63) is 36.5 Å². The molecule has 1 amide bonds. The average molecular weight is 241 g/mol. The Bertz CT molecular complexity index is 573. The lowest BCUT2D eigenvalue weighted by Crippen LogP contribution is -2.43. The number of carbonyl (C=O) groups is 1. The largest absolute Gasteiger partial charge is 0.325 e. The molecule has 0 aliphatic carbocycles. The topological polar surface area (TPSA) is 54.0 Å². The SMILES string of the molecule is O=C(CC1CNC1)Nc1cccc2ncccc12. The molecule has 0 unspecified atom stereocenters. The van der Waals surface area contributed by atoms with Gasteiger partial charge in [0, 0.05) is 18.0 Å². The van der Waals surface area contributed by atoms with Crippen molar-refractivity contribution in [2.45, 2.75) is 6.42 Å². The number of anilines is 1. The molecule has 1 aromatic heterocycles. The van der Waals surface area contributed by atoms with E-state index in [1.165, 1.54) is 0 Å². The summed E-state index contributed by atoms with van der Waals surface area (Å²) in [6.45, 7) is 1.90. The molecule has 4 nitrogen and oxygen atoms in total. The van der Waals surface area contributed by atoms with Gasteiger partial charge in [0.1, 0.15) is 0 Å². The highest BCUT2D eigenvalue weighted by atomic mass is 16.1. The number of carbonyl (C=O) groups excluding carboxylic acids is 1. The lowest BCUT2D eigenvalue weighted by molar-refractivity contribution is -0.117. The van der Waals surface area contributed by atoms with Crippen LogP contribution in [0, 0.1) is 5.92 Å². The van der Waals surface area contributed by atoms with Gasteiger partial charge in [0.25, 0.3) is 0 Å². The maximum Gasteiger partial charge on any atom is 0.224 e. The number of hydrogen-bond acceptors (Lipinski definition) is 3. The van der Waals surface area contributed by atoms with Crippen LogP contribution in [0.25, 0.3) is 10.9 Å². The van der Waals surface area contributed by atoms with Crippen molar-refractivity contribution in [2.75, 3.05) is 18.4 Å². The Morgan fingerprint density at radius 3 is 3.00 bits per heavy atom.